The number of nitrogens with one attached hydrogen (secondary N) is 1. The minimum absolute atomic E-state index is 0.0417. The summed E-state index contributed by atoms with van der Waals surface area (Å²) in [5.74, 6) is -0.110. The molecule has 0 bridgehead atoms. The van der Waals surface area contributed by atoms with Gasteiger partial charge in [-0.2, -0.15) is 4.98 Å². The molecule has 0 saturated carbocycles. The van der Waals surface area contributed by atoms with Gasteiger partial charge in [-0.25, -0.2) is 0 Å². The minimum Gasteiger partial charge on any atom is -0.612 e. The molecule has 1 heterocycles. The Morgan fingerprint density at radius 3 is 2.82 bits per heavy atom. The fourth-order valence-electron chi connectivity index (χ4n) is 0.518. The summed E-state index contributed by atoms with van der Waals surface area (Å²) in [5.41, 5.74) is 0. The molecule has 0 aliphatic heterocycles. The molecule has 1 N–H and O–H groups in total. The quantitative estimate of drug-likeness (QED) is 0.161. The van der Waals surface area contributed by atoms with E-state index in [-0.39, 0.29) is 17.0 Å². The van der Waals surface area contributed by atoms with Crippen LogP contribution in [0.15, 0.2) is 12.4 Å². The summed E-state index contributed by atoms with van der Waals surface area (Å²) in [5, 5.41) is 20.4. The monoisotopic (exact) mass is 156 g/mol. The van der Waals surface area contributed by atoms with Gasteiger partial charge in [0, 0.05) is 6.20 Å². The maximum absolute atomic E-state index is 10.6. The van der Waals surface area contributed by atoms with Gasteiger partial charge in [-0.3, -0.25) is 15.1 Å². The number of aromatic nitrogens is 2. The van der Waals surface area contributed by atoms with Crippen molar-refractivity contribution in [2.45, 2.75) is 0 Å². The molecule has 1 aromatic heterocycles. The van der Waals surface area contributed by atoms with Gasteiger partial charge in [-0.15, -0.1) is 0 Å². The second-order valence-electron chi connectivity index (χ2n) is 1.64. The molecule has 0 aliphatic rings. The Kier molecular flexibility index (Phi) is 1.81. The van der Waals surface area contributed by atoms with Gasteiger partial charge in [0.1, 0.15) is 4.92 Å². The van der Waals surface area contributed by atoms with Crippen molar-refractivity contribution in [2.24, 2.45) is 0 Å². The molecule has 1 rings (SSSR count). The molecule has 0 unspecified atom stereocenters. The molecule has 1 aromatic rings. The van der Waals surface area contributed by atoms with E-state index in [0.717, 1.165) is 0 Å². The van der Waals surface area contributed by atoms with Crippen molar-refractivity contribution in [1.29, 1.82) is 0 Å². The van der Waals surface area contributed by atoms with Crippen molar-refractivity contribution in [2.75, 3.05) is 0 Å². The SMILES string of the molecule is O=[N+]([O-])/C=[N+](\[O-])c1ncc[nH]1. The summed E-state index contributed by atoms with van der Waals surface area (Å²) in [4.78, 5) is 14.8. The van der Waals surface area contributed by atoms with Crippen molar-refractivity contribution in [3.05, 3.63) is 27.7 Å². The molecule has 0 atom stereocenters. The first kappa shape index (κ1) is 7.19. The number of nitro groups is 1. The molecule has 7 heteroatoms. The number of aromatic amines is 1. The predicted molar refractivity (Wildman–Crippen MR) is 34.9 cm³/mol. The fourth-order valence-corrected chi connectivity index (χ4v) is 0.518. The van der Waals surface area contributed by atoms with Gasteiger partial charge in [0.15, 0.2) is 0 Å². The highest BCUT2D eigenvalue weighted by Gasteiger charge is 2.06. The summed E-state index contributed by atoms with van der Waals surface area (Å²) < 4.78 is 0.0417. The summed E-state index contributed by atoms with van der Waals surface area (Å²) in [6, 6.07) is 0. The largest absolute Gasteiger partial charge is 0.612 e. The molecular weight excluding hydrogens is 152 g/mol. The van der Waals surface area contributed by atoms with Crippen LogP contribution in [0.4, 0.5) is 5.95 Å². The fraction of sp³-hybridized carbons (Fsp3) is 0. The van der Waals surface area contributed by atoms with E-state index in [9.17, 15) is 15.3 Å². The van der Waals surface area contributed by atoms with Crippen molar-refractivity contribution >= 4 is 12.3 Å². The molecular formula is C4H4N4O3. The highest BCUT2D eigenvalue weighted by Crippen LogP contribution is 1.97. The first-order chi connectivity index (χ1) is 5.20. The lowest BCUT2D eigenvalue weighted by Gasteiger charge is -1.91. The normalized spacial score (nSPS) is 11.5. The molecule has 11 heavy (non-hydrogen) atoms. The standard InChI is InChI=1S/C4H4N4O3/c9-7(3-8(10)11)4-5-1-2-6-4/h1-3H,(H,5,6)/b7-3-. The van der Waals surface area contributed by atoms with Crippen molar-refractivity contribution in [1.82, 2.24) is 9.97 Å². The molecule has 0 saturated heterocycles. The molecule has 0 amide bonds. The third-order valence-corrected chi connectivity index (χ3v) is 0.892. The van der Waals surface area contributed by atoms with Crippen LogP contribution in [0.5, 0.6) is 0 Å². The Hall–Kier alpha value is -1.92. The van der Waals surface area contributed by atoms with E-state index < -0.39 is 4.92 Å². The van der Waals surface area contributed by atoms with Crippen LogP contribution in [0, 0.1) is 15.3 Å². The van der Waals surface area contributed by atoms with E-state index in [4.69, 9.17) is 0 Å². The summed E-state index contributed by atoms with van der Waals surface area (Å²) in [6.07, 6.45) is 3.00. The van der Waals surface area contributed by atoms with Gasteiger partial charge in [0.25, 0.3) is 0 Å². The van der Waals surface area contributed by atoms with Crippen LogP contribution in [0.2, 0.25) is 0 Å². The third-order valence-electron chi connectivity index (χ3n) is 0.892. The van der Waals surface area contributed by atoms with Gasteiger partial charge < -0.3 is 5.21 Å². The van der Waals surface area contributed by atoms with Gasteiger partial charge in [0.05, 0.1) is 6.20 Å². The molecule has 7 nitrogen and oxygen atoms in total. The second kappa shape index (κ2) is 2.78. The number of rotatable bonds is 2. The van der Waals surface area contributed by atoms with E-state index >= 15 is 0 Å². The highest BCUT2D eigenvalue weighted by molar-refractivity contribution is 5.39. The Morgan fingerprint density at radius 2 is 2.36 bits per heavy atom. The summed E-state index contributed by atoms with van der Waals surface area (Å²) in [6.45, 7) is 0. The molecule has 0 aromatic carbocycles. The number of H-pyrrole nitrogens is 1. The van der Waals surface area contributed by atoms with Crippen LogP contribution in [0.1, 0.15) is 0 Å². The van der Waals surface area contributed by atoms with Gasteiger partial charge in [-0.05, 0) is 0 Å². The average Bonchev–Trinajstić information content (AvgIpc) is 2.35. The Bertz CT molecular complexity index is 278. The molecule has 0 radical (unpaired) electrons. The number of nitrogens with zero attached hydrogens (tertiary/aromatic N) is 3. The second-order valence-corrected chi connectivity index (χ2v) is 1.64. The van der Waals surface area contributed by atoms with E-state index in [1.54, 1.807) is 0 Å². The van der Waals surface area contributed by atoms with Crippen molar-refractivity contribution in [3.63, 3.8) is 0 Å². The van der Waals surface area contributed by atoms with Gasteiger partial charge >= 0.3 is 12.3 Å². The van der Waals surface area contributed by atoms with Crippen LogP contribution in [-0.2, 0) is 0 Å². The lowest BCUT2D eigenvalue weighted by molar-refractivity contribution is -0.458. The Balaban J connectivity index is 2.86. The highest BCUT2D eigenvalue weighted by atomic mass is 16.6. The number of hydrogen-bond acceptors (Lipinski definition) is 4. The summed E-state index contributed by atoms with van der Waals surface area (Å²) in [7, 11) is 0. The Labute approximate surface area is 60.7 Å². The maximum Gasteiger partial charge on any atom is 0.479 e. The van der Waals surface area contributed by atoms with Crippen LogP contribution < -0.4 is 0 Å². The van der Waals surface area contributed by atoms with Gasteiger partial charge in [0.2, 0.25) is 0 Å². The zero-order valence-corrected chi connectivity index (χ0v) is 5.30. The predicted octanol–water partition coefficient (Wildman–Crippen LogP) is -0.144. The minimum atomic E-state index is -0.852. The van der Waals surface area contributed by atoms with Crippen LogP contribution >= 0.6 is 0 Å². The van der Waals surface area contributed by atoms with Crippen LogP contribution in [0.25, 0.3) is 0 Å². The molecule has 0 spiro atoms. The Morgan fingerprint density at radius 1 is 1.64 bits per heavy atom. The summed E-state index contributed by atoms with van der Waals surface area (Å²) >= 11 is 0. The van der Waals surface area contributed by atoms with Crippen molar-refractivity contribution in [3.8, 4) is 0 Å². The zero-order chi connectivity index (χ0) is 8.27. The van der Waals surface area contributed by atoms with Crippen molar-refractivity contribution < 1.29 is 9.66 Å². The van der Waals surface area contributed by atoms with E-state index in [2.05, 4.69) is 9.97 Å². The lowest BCUT2D eigenvalue weighted by Crippen LogP contribution is -2.06. The van der Waals surface area contributed by atoms with E-state index in [1.165, 1.54) is 12.4 Å². The van der Waals surface area contributed by atoms with Crippen LogP contribution in [0.3, 0.4) is 0 Å². The van der Waals surface area contributed by atoms with E-state index in [0.29, 0.717) is 0 Å². The number of hydrogen-bond donors (Lipinski definition) is 1. The van der Waals surface area contributed by atoms with Gasteiger partial charge in [-0.1, -0.05) is 4.74 Å². The zero-order valence-electron chi connectivity index (χ0n) is 5.30. The lowest BCUT2D eigenvalue weighted by atomic mass is 11.0. The molecule has 0 fully saturated rings. The first-order valence-corrected chi connectivity index (χ1v) is 2.64. The third kappa shape index (κ3) is 1.75. The smallest absolute Gasteiger partial charge is 0.479 e. The number of imidazole rings is 1. The molecule has 0 aliphatic carbocycles. The maximum atomic E-state index is 10.6. The van der Waals surface area contributed by atoms with Crippen LogP contribution in [-0.4, -0.2) is 26.0 Å². The average molecular weight is 156 g/mol. The van der Waals surface area contributed by atoms with E-state index in [1.807, 2.05) is 0 Å². The topological polar surface area (TPSA) is 97.9 Å². The molecule has 58 valence electrons. The first-order valence-electron chi connectivity index (χ1n) is 2.64.